The molecule has 0 bridgehead atoms. The van der Waals surface area contributed by atoms with Crippen LogP contribution in [0.1, 0.15) is 19.8 Å². The number of ether oxygens (including phenoxy) is 1. The molecular weight excluding hydrogens is 302 g/mol. The molecule has 0 aliphatic rings. The average Bonchev–Trinajstić information content (AvgIpc) is 2.51. The maximum absolute atomic E-state index is 12.1. The Labute approximate surface area is 134 Å². The van der Waals surface area contributed by atoms with Crippen LogP contribution in [0.3, 0.4) is 0 Å². The lowest BCUT2D eigenvalue weighted by Gasteiger charge is -2.17. The van der Waals surface area contributed by atoms with Crippen molar-refractivity contribution in [3.8, 4) is 5.75 Å². The summed E-state index contributed by atoms with van der Waals surface area (Å²) in [5.74, 6) is -0.578. The number of aliphatic carboxylic acids is 1. The van der Waals surface area contributed by atoms with Crippen molar-refractivity contribution in [1.29, 1.82) is 0 Å². The van der Waals surface area contributed by atoms with E-state index in [2.05, 4.69) is 11.9 Å². The Bertz CT molecular complexity index is 515. The topological polar surface area (TPSA) is 75.6 Å². The van der Waals surface area contributed by atoms with Gasteiger partial charge in [-0.05, 0) is 44.0 Å². The van der Waals surface area contributed by atoms with E-state index in [1.54, 1.807) is 20.1 Å². The fourth-order valence-electron chi connectivity index (χ4n) is 1.74. The van der Waals surface area contributed by atoms with Gasteiger partial charge >= 0.3 is 5.97 Å². The van der Waals surface area contributed by atoms with Gasteiger partial charge in [0, 0.05) is 4.90 Å². The standard InChI is InChI=1S/C16H21NO4S/c1-4-5-6-14(16(19)20)17-15(18)11(2)22-13-9-7-12(21-3)8-10-13/h4,7-11,14H,1,5-6H2,2-3H3,(H,17,18)(H,19,20). The van der Waals surface area contributed by atoms with Gasteiger partial charge in [-0.3, -0.25) is 4.79 Å². The second-order valence-electron chi connectivity index (χ2n) is 4.70. The number of benzene rings is 1. The van der Waals surface area contributed by atoms with Gasteiger partial charge in [0.2, 0.25) is 5.91 Å². The van der Waals surface area contributed by atoms with Gasteiger partial charge in [0.05, 0.1) is 12.4 Å². The molecule has 2 atom stereocenters. The van der Waals surface area contributed by atoms with E-state index in [4.69, 9.17) is 9.84 Å². The van der Waals surface area contributed by atoms with E-state index in [-0.39, 0.29) is 11.2 Å². The molecule has 0 spiro atoms. The minimum atomic E-state index is -1.03. The number of amides is 1. The Hall–Kier alpha value is -1.95. The molecule has 0 aromatic heterocycles. The summed E-state index contributed by atoms with van der Waals surface area (Å²) in [6.45, 7) is 5.30. The Morgan fingerprint density at radius 3 is 2.55 bits per heavy atom. The van der Waals surface area contributed by atoms with Gasteiger partial charge in [0.15, 0.2) is 0 Å². The van der Waals surface area contributed by atoms with Gasteiger partial charge in [-0.2, -0.15) is 0 Å². The van der Waals surface area contributed by atoms with Gasteiger partial charge in [-0.15, -0.1) is 18.3 Å². The molecule has 1 aromatic carbocycles. The van der Waals surface area contributed by atoms with Crippen LogP contribution in [-0.4, -0.2) is 35.4 Å². The molecule has 0 saturated carbocycles. The van der Waals surface area contributed by atoms with E-state index < -0.39 is 12.0 Å². The van der Waals surface area contributed by atoms with Crippen molar-refractivity contribution < 1.29 is 19.4 Å². The van der Waals surface area contributed by atoms with Crippen LogP contribution in [-0.2, 0) is 9.59 Å². The molecule has 22 heavy (non-hydrogen) atoms. The second kappa shape index (κ2) is 9.15. The first kappa shape index (κ1) is 18.1. The number of hydrogen-bond donors (Lipinski definition) is 2. The Kier molecular flexibility index (Phi) is 7.52. The van der Waals surface area contributed by atoms with Crippen molar-refractivity contribution in [3.05, 3.63) is 36.9 Å². The lowest BCUT2D eigenvalue weighted by Crippen LogP contribution is -2.43. The molecule has 1 rings (SSSR count). The lowest BCUT2D eigenvalue weighted by atomic mass is 10.1. The molecule has 0 saturated heterocycles. The molecule has 0 heterocycles. The van der Waals surface area contributed by atoms with Gasteiger partial charge < -0.3 is 15.2 Å². The maximum Gasteiger partial charge on any atom is 0.326 e. The number of methoxy groups -OCH3 is 1. The molecule has 5 nitrogen and oxygen atoms in total. The van der Waals surface area contributed by atoms with Crippen molar-refractivity contribution in [2.75, 3.05) is 7.11 Å². The largest absolute Gasteiger partial charge is 0.497 e. The molecule has 0 radical (unpaired) electrons. The highest BCUT2D eigenvalue weighted by atomic mass is 32.2. The third kappa shape index (κ3) is 5.81. The predicted molar refractivity (Wildman–Crippen MR) is 87.3 cm³/mol. The minimum absolute atomic E-state index is 0.294. The molecule has 0 aliphatic carbocycles. The number of nitrogens with one attached hydrogen (secondary N) is 1. The molecule has 0 fully saturated rings. The van der Waals surface area contributed by atoms with E-state index >= 15 is 0 Å². The zero-order valence-electron chi connectivity index (χ0n) is 12.7. The summed E-state index contributed by atoms with van der Waals surface area (Å²) >= 11 is 1.37. The summed E-state index contributed by atoms with van der Waals surface area (Å²) in [6, 6.07) is 6.47. The quantitative estimate of drug-likeness (QED) is 0.540. The molecule has 2 N–H and O–H groups in total. The summed E-state index contributed by atoms with van der Waals surface area (Å²) in [6.07, 6.45) is 2.51. The lowest BCUT2D eigenvalue weighted by molar-refractivity contribution is -0.141. The Morgan fingerprint density at radius 2 is 2.05 bits per heavy atom. The number of hydrogen-bond acceptors (Lipinski definition) is 4. The van der Waals surface area contributed by atoms with Crippen LogP contribution >= 0.6 is 11.8 Å². The van der Waals surface area contributed by atoms with E-state index in [0.717, 1.165) is 10.6 Å². The Balaban J connectivity index is 2.58. The van der Waals surface area contributed by atoms with Crippen molar-refractivity contribution in [1.82, 2.24) is 5.32 Å². The van der Waals surface area contributed by atoms with Crippen LogP contribution in [0, 0.1) is 0 Å². The highest BCUT2D eigenvalue weighted by Crippen LogP contribution is 2.25. The summed E-state index contributed by atoms with van der Waals surface area (Å²) in [5.41, 5.74) is 0. The van der Waals surface area contributed by atoms with Crippen LogP contribution in [0.5, 0.6) is 5.75 Å². The number of carboxylic acid groups (broad SMARTS) is 1. The number of thioether (sulfide) groups is 1. The van der Waals surface area contributed by atoms with Crippen molar-refractivity contribution >= 4 is 23.6 Å². The molecule has 1 amide bonds. The van der Waals surface area contributed by atoms with Gasteiger partial charge in [0.1, 0.15) is 11.8 Å². The highest BCUT2D eigenvalue weighted by Gasteiger charge is 2.22. The fourth-order valence-corrected chi connectivity index (χ4v) is 2.62. The molecule has 6 heteroatoms. The van der Waals surface area contributed by atoms with Crippen LogP contribution < -0.4 is 10.1 Å². The highest BCUT2D eigenvalue weighted by molar-refractivity contribution is 8.00. The predicted octanol–water partition coefficient (Wildman–Crippen LogP) is 2.71. The van der Waals surface area contributed by atoms with E-state index in [0.29, 0.717) is 12.8 Å². The molecular formula is C16H21NO4S. The van der Waals surface area contributed by atoms with Crippen LogP contribution in [0.25, 0.3) is 0 Å². The van der Waals surface area contributed by atoms with Crippen LogP contribution in [0.2, 0.25) is 0 Å². The molecule has 120 valence electrons. The number of carbonyl (C=O) groups excluding carboxylic acids is 1. The van der Waals surface area contributed by atoms with Gasteiger partial charge in [-0.25, -0.2) is 4.79 Å². The average molecular weight is 323 g/mol. The number of carboxylic acids is 1. The fraction of sp³-hybridized carbons (Fsp3) is 0.375. The normalized spacial score (nSPS) is 13.0. The Morgan fingerprint density at radius 1 is 1.41 bits per heavy atom. The molecule has 2 unspecified atom stereocenters. The third-order valence-electron chi connectivity index (χ3n) is 3.02. The summed E-state index contributed by atoms with van der Waals surface area (Å²) < 4.78 is 5.08. The SMILES string of the molecule is C=CCCC(NC(=O)C(C)Sc1ccc(OC)cc1)C(=O)O. The maximum atomic E-state index is 12.1. The minimum Gasteiger partial charge on any atom is -0.497 e. The van der Waals surface area contributed by atoms with E-state index in [1.807, 2.05) is 24.3 Å². The van der Waals surface area contributed by atoms with Gasteiger partial charge in [-0.1, -0.05) is 6.08 Å². The first-order valence-electron chi connectivity index (χ1n) is 6.92. The number of carbonyl (C=O) groups is 2. The van der Waals surface area contributed by atoms with E-state index in [1.165, 1.54) is 11.8 Å². The molecule has 0 aliphatic heterocycles. The first-order chi connectivity index (χ1) is 10.5. The summed E-state index contributed by atoms with van der Waals surface area (Å²) in [5, 5.41) is 11.3. The first-order valence-corrected chi connectivity index (χ1v) is 7.80. The van der Waals surface area contributed by atoms with Crippen LogP contribution in [0.4, 0.5) is 0 Å². The zero-order valence-corrected chi connectivity index (χ0v) is 13.6. The second-order valence-corrected chi connectivity index (χ2v) is 6.12. The van der Waals surface area contributed by atoms with Crippen LogP contribution in [0.15, 0.2) is 41.8 Å². The summed E-state index contributed by atoms with van der Waals surface area (Å²) in [4.78, 5) is 24.1. The monoisotopic (exact) mass is 323 g/mol. The van der Waals surface area contributed by atoms with Crippen molar-refractivity contribution in [3.63, 3.8) is 0 Å². The van der Waals surface area contributed by atoms with Crippen molar-refractivity contribution in [2.24, 2.45) is 0 Å². The number of rotatable bonds is 9. The third-order valence-corrected chi connectivity index (χ3v) is 4.13. The number of allylic oxidation sites excluding steroid dienone is 1. The zero-order chi connectivity index (χ0) is 16.5. The summed E-state index contributed by atoms with van der Waals surface area (Å²) in [7, 11) is 1.59. The molecule has 1 aromatic rings. The smallest absolute Gasteiger partial charge is 0.326 e. The van der Waals surface area contributed by atoms with Gasteiger partial charge in [0.25, 0.3) is 0 Å². The van der Waals surface area contributed by atoms with E-state index in [9.17, 15) is 9.59 Å². The van der Waals surface area contributed by atoms with Crippen molar-refractivity contribution in [2.45, 2.75) is 36.0 Å².